The predicted octanol–water partition coefficient (Wildman–Crippen LogP) is -0.897. The van der Waals surface area contributed by atoms with Crippen LogP contribution in [0.15, 0.2) is 0 Å². The average Bonchev–Trinajstić information content (AvgIpc) is 0.811. The molecule has 0 aromatic rings. The summed E-state index contributed by atoms with van der Waals surface area (Å²) in [7, 11) is 1.58. The number of rotatable bonds is 0. The molecule has 0 spiro atoms. The normalized spacial score (nSPS) is 6.80. The Bertz CT molecular complexity index is 58.0. The van der Waals surface area contributed by atoms with E-state index in [0.717, 1.165) is 0 Å². The third kappa shape index (κ3) is 35.8. The summed E-state index contributed by atoms with van der Waals surface area (Å²) in [6.07, 6.45) is 0. The van der Waals surface area contributed by atoms with Gasteiger partial charge in [-0.25, -0.2) is 8.42 Å². The zero-order chi connectivity index (χ0) is 3.58. The van der Waals surface area contributed by atoms with Crippen LogP contribution in [0.4, 0.5) is 0 Å². The van der Waals surface area contributed by atoms with Crippen molar-refractivity contribution in [1.82, 2.24) is 0 Å². The van der Waals surface area contributed by atoms with Gasteiger partial charge in [0.05, 0.1) is 0 Å². The van der Waals surface area contributed by atoms with E-state index in [1.54, 1.807) is 0 Å². The van der Waals surface area contributed by atoms with Crippen LogP contribution in [0.3, 0.4) is 0 Å². The Kier molecular flexibility index (Phi) is 9.99. The van der Waals surface area contributed by atoms with Gasteiger partial charge in [-0.1, -0.05) is 0 Å². The van der Waals surface area contributed by atoms with Crippen molar-refractivity contribution in [2.75, 3.05) is 0 Å². The first-order valence-electron chi connectivity index (χ1n) is 0.534. The molecule has 0 rings (SSSR count). The second kappa shape index (κ2) is 5.24. The van der Waals surface area contributed by atoms with E-state index in [1.807, 2.05) is 0 Å². The molecule has 0 bridgehead atoms. The molecule has 0 aromatic heterocycles. The fourth-order valence-electron chi connectivity index (χ4n) is 0. The van der Waals surface area contributed by atoms with Crippen molar-refractivity contribution in [3.63, 3.8) is 0 Å². The molecule has 0 amide bonds. The van der Waals surface area contributed by atoms with Crippen molar-refractivity contribution in [3.05, 3.63) is 0 Å². The van der Waals surface area contributed by atoms with Crippen LogP contribution in [0.25, 0.3) is 0 Å². The van der Waals surface area contributed by atoms with E-state index in [4.69, 9.17) is 8.42 Å². The van der Waals surface area contributed by atoms with Crippen LogP contribution < -0.4 is 0 Å². The molecule has 0 unspecified atom stereocenters. The summed E-state index contributed by atoms with van der Waals surface area (Å²) >= 11 is 0. The Morgan fingerprint density at radius 2 is 1.40 bits per heavy atom. The Hall–Kier alpha value is 1.24. The Labute approximate surface area is 58.3 Å². The Morgan fingerprint density at radius 1 is 1.40 bits per heavy atom. The van der Waals surface area contributed by atoms with Gasteiger partial charge in [-0.3, -0.25) is 0 Å². The summed E-state index contributed by atoms with van der Waals surface area (Å²) in [6.45, 7) is 0. The number of halogens is 1. The molecule has 5 heteroatoms. The van der Waals surface area contributed by atoms with Crippen LogP contribution >= 0.6 is 10.7 Å². The predicted molar refractivity (Wildman–Crippen MR) is 23.3 cm³/mol. The van der Waals surface area contributed by atoms with Gasteiger partial charge in [-0.15, -0.1) is 0 Å². The summed E-state index contributed by atoms with van der Waals surface area (Å²) in [5.41, 5.74) is 0. The van der Waals surface area contributed by atoms with Gasteiger partial charge in [-0.05, 0) is 0 Å². The molecule has 0 saturated heterocycles. The zero-order valence-corrected chi connectivity index (χ0v) is 3.29. The van der Waals surface area contributed by atoms with E-state index in [2.05, 4.69) is 10.7 Å². The first-order valence-corrected chi connectivity index (χ1v) is 2.62. The average molecular weight is 125 g/mol. The van der Waals surface area contributed by atoms with Crippen molar-refractivity contribution < 1.29 is 8.42 Å². The molecule has 0 atom stereocenters. The maximum atomic E-state index is 8.80. The van der Waals surface area contributed by atoms with Crippen LogP contribution in [0.5, 0.6) is 0 Å². The second-order valence-electron chi connectivity index (χ2n) is 0.213. The van der Waals surface area contributed by atoms with Gasteiger partial charge in [-0.2, -0.15) is 0 Å². The molecule has 5 heavy (non-hydrogen) atoms. The molecule has 0 aliphatic rings. The van der Waals surface area contributed by atoms with E-state index in [1.165, 1.54) is 0 Å². The minimum absolute atomic E-state index is 0. The van der Waals surface area contributed by atoms with Crippen LogP contribution in [0, 0.1) is 0 Å². The van der Waals surface area contributed by atoms with Crippen LogP contribution in [-0.4, -0.2) is 38.0 Å². The number of hydrogen-bond donors (Lipinski definition) is 1. The third-order valence-electron chi connectivity index (χ3n) is 0. The summed E-state index contributed by atoms with van der Waals surface area (Å²) in [4.78, 5) is 0. The monoisotopic (exact) mass is 124 g/mol. The first-order chi connectivity index (χ1) is 1.73. The van der Waals surface area contributed by atoms with Gasteiger partial charge < -0.3 is 0 Å². The van der Waals surface area contributed by atoms with E-state index in [0.29, 0.717) is 0 Å². The van der Waals surface area contributed by atoms with Crippen molar-refractivity contribution in [2.45, 2.75) is 0 Å². The Morgan fingerprint density at radius 3 is 1.40 bits per heavy atom. The van der Waals surface area contributed by atoms with Gasteiger partial charge in [0.15, 0.2) is 0 Å². The molecule has 0 aliphatic heterocycles. The molecule has 2 nitrogen and oxygen atoms in total. The van der Waals surface area contributed by atoms with Crippen LogP contribution in [0.1, 0.15) is 0 Å². The summed E-state index contributed by atoms with van der Waals surface area (Å²) in [6, 6.07) is 0. The third-order valence-corrected chi connectivity index (χ3v) is 0. The topological polar surface area (TPSA) is 34.1 Å². The fourth-order valence-corrected chi connectivity index (χ4v) is 0. The summed E-state index contributed by atoms with van der Waals surface area (Å²) in [5, 5.41) is 0. The van der Waals surface area contributed by atoms with Gasteiger partial charge >= 0.3 is 29.6 Å². The van der Waals surface area contributed by atoms with Crippen molar-refractivity contribution >= 4 is 50.2 Å². The standard InChI is InChI=1S/ClHO2S.Na.H/c1-4(2)3;;/h4H;;. The maximum absolute atomic E-state index is 8.80. The zero-order valence-electron chi connectivity index (χ0n) is 1.64. The van der Waals surface area contributed by atoms with Crippen molar-refractivity contribution in [2.24, 2.45) is 0 Å². The summed E-state index contributed by atoms with van der Waals surface area (Å²) in [5.74, 6) is 0. The van der Waals surface area contributed by atoms with Crippen molar-refractivity contribution in [1.29, 1.82) is 0 Å². The van der Waals surface area contributed by atoms with E-state index in [-0.39, 0.29) is 29.6 Å². The minimum atomic E-state index is -2.65. The van der Waals surface area contributed by atoms with Gasteiger partial charge in [0, 0.05) is 10.7 Å². The molecule has 0 aromatic carbocycles. The Balaban J connectivity index is 0. The van der Waals surface area contributed by atoms with E-state index < -0.39 is 9.92 Å². The molecule has 0 aliphatic carbocycles. The molecular weight excluding hydrogens is 123 g/mol. The quantitative estimate of drug-likeness (QED) is 0.258. The molecule has 0 radical (unpaired) electrons. The van der Waals surface area contributed by atoms with Gasteiger partial charge in [0.1, 0.15) is 0 Å². The molecule has 0 heterocycles. The second-order valence-corrected chi connectivity index (χ2v) is 1.47. The molecule has 0 N–H and O–H groups in total. The summed E-state index contributed by atoms with van der Waals surface area (Å²) < 4.78 is 17.6. The van der Waals surface area contributed by atoms with E-state index in [9.17, 15) is 0 Å². The number of thiol groups is 1. The van der Waals surface area contributed by atoms with Gasteiger partial charge in [0.25, 0.3) is 0 Å². The fraction of sp³-hybridized carbons (Fsp3) is 0. The van der Waals surface area contributed by atoms with Crippen LogP contribution in [-0.2, 0) is 9.92 Å². The van der Waals surface area contributed by atoms with Gasteiger partial charge in [0.2, 0.25) is 9.92 Å². The molecule has 28 valence electrons. The SMILES string of the molecule is O=[SH](=O)Cl.[NaH]. The van der Waals surface area contributed by atoms with E-state index >= 15 is 0 Å². The van der Waals surface area contributed by atoms with Crippen molar-refractivity contribution in [3.8, 4) is 0 Å². The number of hydrogen-bond acceptors (Lipinski definition) is 2. The first kappa shape index (κ1) is 9.53. The molecular formula is H2ClNaO2S. The van der Waals surface area contributed by atoms with Crippen LogP contribution in [0.2, 0.25) is 0 Å². The molecule has 0 fully saturated rings. The molecule has 0 saturated carbocycles.